The molecule has 0 radical (unpaired) electrons. The average Bonchev–Trinajstić information content (AvgIpc) is 3.16. The van der Waals surface area contributed by atoms with E-state index in [1.54, 1.807) is 0 Å². The largest absolute Gasteiger partial charge is 0.466 e. The number of fused-ring (bicyclic) bond motifs is 1. The molecule has 28 heavy (non-hydrogen) atoms. The first kappa shape index (κ1) is 20.4. The Hall–Kier alpha value is -2.38. The second-order valence-electron chi connectivity index (χ2n) is 7.38. The van der Waals surface area contributed by atoms with Gasteiger partial charge in [-0.05, 0) is 59.2 Å². The zero-order chi connectivity index (χ0) is 19.1. The summed E-state index contributed by atoms with van der Waals surface area (Å²) in [6, 6.07) is 4.27. The van der Waals surface area contributed by atoms with E-state index in [9.17, 15) is 4.79 Å². The number of pyridine rings is 1. The predicted octanol–water partition coefficient (Wildman–Crippen LogP) is 3.70. The Labute approximate surface area is 169 Å². The molecule has 2 atom stereocenters. The minimum atomic E-state index is -0.119. The number of furan rings is 1. The molecule has 3 aromatic heterocycles. The lowest BCUT2D eigenvalue weighted by molar-refractivity contribution is 0.0927. The summed E-state index contributed by atoms with van der Waals surface area (Å²) < 4.78 is 11.0. The molecule has 0 saturated carbocycles. The first-order valence-corrected chi connectivity index (χ1v) is 9.31. The molecule has 0 aromatic carbocycles. The van der Waals surface area contributed by atoms with E-state index >= 15 is 0 Å². The van der Waals surface area contributed by atoms with Crippen molar-refractivity contribution in [3.05, 3.63) is 34.9 Å². The van der Waals surface area contributed by atoms with Crippen LogP contribution < -0.4 is 10.6 Å². The maximum atomic E-state index is 13.1. The van der Waals surface area contributed by atoms with Crippen molar-refractivity contribution in [1.82, 2.24) is 20.8 Å². The summed E-state index contributed by atoms with van der Waals surface area (Å²) in [7, 11) is 0. The highest BCUT2D eigenvalue weighted by atomic mass is 35.5. The average molecular weight is 405 g/mol. The molecule has 0 bridgehead atoms. The van der Waals surface area contributed by atoms with E-state index in [1.807, 2.05) is 32.9 Å². The van der Waals surface area contributed by atoms with Gasteiger partial charge in [-0.25, -0.2) is 4.98 Å². The van der Waals surface area contributed by atoms with Crippen molar-refractivity contribution in [1.29, 1.82) is 0 Å². The van der Waals surface area contributed by atoms with Gasteiger partial charge in [-0.15, -0.1) is 12.4 Å². The lowest BCUT2D eigenvalue weighted by Gasteiger charge is -2.28. The summed E-state index contributed by atoms with van der Waals surface area (Å²) in [4.78, 5) is 17.7. The Kier molecular flexibility index (Phi) is 5.76. The summed E-state index contributed by atoms with van der Waals surface area (Å²) in [6.45, 7) is 8.64. The Bertz CT molecular complexity index is 1010. The van der Waals surface area contributed by atoms with Gasteiger partial charge >= 0.3 is 0 Å². The molecule has 1 amide bonds. The summed E-state index contributed by atoms with van der Waals surface area (Å²) in [5.74, 6) is 1.44. The second kappa shape index (κ2) is 7.93. The SMILES string of the molecule is Cc1cc(-c2cc(C(=O)NC3CCNC(C)C3)c3c(C)noc3n2)c(C)o1.Cl. The van der Waals surface area contributed by atoms with Gasteiger partial charge in [-0.1, -0.05) is 5.16 Å². The number of hydrogen-bond acceptors (Lipinski definition) is 6. The Morgan fingerprint density at radius 3 is 2.75 bits per heavy atom. The van der Waals surface area contributed by atoms with Crippen molar-refractivity contribution in [2.45, 2.75) is 52.6 Å². The van der Waals surface area contributed by atoms with Crippen molar-refractivity contribution >= 4 is 29.4 Å². The van der Waals surface area contributed by atoms with Crippen LogP contribution in [0.3, 0.4) is 0 Å². The Morgan fingerprint density at radius 1 is 1.29 bits per heavy atom. The molecule has 2 unspecified atom stereocenters. The molecule has 2 N–H and O–H groups in total. The van der Waals surface area contributed by atoms with Gasteiger partial charge < -0.3 is 19.6 Å². The molecule has 7 nitrogen and oxygen atoms in total. The molecular weight excluding hydrogens is 380 g/mol. The molecule has 3 aromatic rings. The zero-order valence-electron chi connectivity index (χ0n) is 16.5. The summed E-state index contributed by atoms with van der Waals surface area (Å²) in [5, 5.41) is 11.2. The summed E-state index contributed by atoms with van der Waals surface area (Å²) in [5.41, 5.74) is 3.07. The van der Waals surface area contributed by atoms with Gasteiger partial charge in [0.05, 0.1) is 22.3 Å². The van der Waals surface area contributed by atoms with Crippen LogP contribution in [0.15, 0.2) is 21.1 Å². The molecule has 0 spiro atoms. The second-order valence-corrected chi connectivity index (χ2v) is 7.38. The number of carbonyl (C=O) groups is 1. The number of nitrogens with zero attached hydrogens (tertiary/aromatic N) is 2. The molecule has 8 heteroatoms. The summed E-state index contributed by atoms with van der Waals surface area (Å²) >= 11 is 0. The zero-order valence-corrected chi connectivity index (χ0v) is 17.3. The van der Waals surface area contributed by atoms with Crippen molar-refractivity contribution < 1.29 is 13.7 Å². The van der Waals surface area contributed by atoms with Crippen LogP contribution in [-0.4, -0.2) is 34.7 Å². The minimum absolute atomic E-state index is 0. The lowest BCUT2D eigenvalue weighted by atomic mass is 9.99. The van der Waals surface area contributed by atoms with Crippen molar-refractivity contribution in [3.8, 4) is 11.3 Å². The van der Waals surface area contributed by atoms with E-state index in [2.05, 4.69) is 27.7 Å². The van der Waals surface area contributed by atoms with Gasteiger partial charge in [0.2, 0.25) is 0 Å². The molecule has 150 valence electrons. The normalized spacial score (nSPS) is 19.4. The van der Waals surface area contributed by atoms with Gasteiger partial charge in [0.15, 0.2) is 0 Å². The van der Waals surface area contributed by atoms with E-state index in [0.717, 1.165) is 36.5 Å². The number of halogens is 1. The van der Waals surface area contributed by atoms with Crippen LogP contribution >= 0.6 is 12.4 Å². The fourth-order valence-electron chi connectivity index (χ4n) is 3.82. The maximum Gasteiger partial charge on any atom is 0.259 e. The van der Waals surface area contributed by atoms with Crippen LogP contribution in [0, 0.1) is 20.8 Å². The number of nitrogens with one attached hydrogen (secondary N) is 2. The number of carbonyl (C=O) groups excluding carboxylic acids is 1. The van der Waals surface area contributed by atoms with E-state index in [0.29, 0.717) is 34.1 Å². The maximum absolute atomic E-state index is 13.1. The highest BCUT2D eigenvalue weighted by Crippen LogP contribution is 2.30. The van der Waals surface area contributed by atoms with Gasteiger partial charge in [-0.3, -0.25) is 4.79 Å². The van der Waals surface area contributed by atoms with Crippen molar-refractivity contribution in [2.75, 3.05) is 6.54 Å². The van der Waals surface area contributed by atoms with Crippen LogP contribution in [0.2, 0.25) is 0 Å². The molecule has 1 aliphatic rings. The number of aryl methyl sites for hydroxylation is 3. The number of piperidine rings is 1. The van der Waals surface area contributed by atoms with Gasteiger partial charge in [-0.2, -0.15) is 0 Å². The summed E-state index contributed by atoms with van der Waals surface area (Å²) in [6.07, 6.45) is 1.83. The number of rotatable bonds is 3. The molecule has 1 saturated heterocycles. The smallest absolute Gasteiger partial charge is 0.259 e. The Morgan fingerprint density at radius 2 is 2.07 bits per heavy atom. The predicted molar refractivity (Wildman–Crippen MR) is 109 cm³/mol. The van der Waals surface area contributed by atoms with Crippen LogP contribution in [0.1, 0.15) is 47.3 Å². The van der Waals surface area contributed by atoms with Gasteiger partial charge in [0, 0.05) is 17.6 Å². The van der Waals surface area contributed by atoms with Crippen LogP contribution in [0.4, 0.5) is 0 Å². The van der Waals surface area contributed by atoms with Crippen LogP contribution in [0.25, 0.3) is 22.4 Å². The third kappa shape index (κ3) is 3.77. The minimum Gasteiger partial charge on any atom is -0.466 e. The molecule has 0 aliphatic carbocycles. The van der Waals surface area contributed by atoms with Gasteiger partial charge in [0.25, 0.3) is 11.6 Å². The monoisotopic (exact) mass is 404 g/mol. The van der Waals surface area contributed by atoms with E-state index in [4.69, 9.17) is 8.94 Å². The standard InChI is InChI=1S/C20H24N4O3.ClH/c1-10-7-14(5-6-21-10)22-19(25)16-9-17(15-8-11(2)26-13(15)4)23-20-18(16)12(3)24-27-20;/h8-10,14,21H,5-7H2,1-4H3,(H,22,25);1H. The number of aromatic nitrogens is 2. The van der Waals surface area contributed by atoms with Gasteiger partial charge in [0.1, 0.15) is 11.5 Å². The fourth-order valence-corrected chi connectivity index (χ4v) is 3.82. The molecular formula is C20H25ClN4O3. The highest BCUT2D eigenvalue weighted by Gasteiger charge is 2.24. The van der Waals surface area contributed by atoms with Crippen molar-refractivity contribution in [2.24, 2.45) is 0 Å². The van der Waals surface area contributed by atoms with Crippen molar-refractivity contribution in [3.63, 3.8) is 0 Å². The Balaban J connectivity index is 0.00000225. The van der Waals surface area contributed by atoms with Crippen LogP contribution in [0.5, 0.6) is 0 Å². The lowest BCUT2D eigenvalue weighted by Crippen LogP contribution is -2.46. The molecule has 4 heterocycles. The number of hydrogen-bond donors (Lipinski definition) is 2. The fraction of sp³-hybridized carbons (Fsp3) is 0.450. The first-order chi connectivity index (χ1) is 12.9. The van der Waals surface area contributed by atoms with E-state index in [-0.39, 0.29) is 24.4 Å². The third-order valence-electron chi connectivity index (χ3n) is 5.14. The first-order valence-electron chi connectivity index (χ1n) is 9.31. The third-order valence-corrected chi connectivity index (χ3v) is 5.14. The number of amides is 1. The molecule has 1 fully saturated rings. The molecule has 4 rings (SSSR count). The van der Waals surface area contributed by atoms with E-state index < -0.39 is 0 Å². The molecule has 1 aliphatic heterocycles. The quantitative estimate of drug-likeness (QED) is 0.691. The highest BCUT2D eigenvalue weighted by molar-refractivity contribution is 6.07. The van der Waals surface area contributed by atoms with Crippen LogP contribution in [-0.2, 0) is 0 Å². The topological polar surface area (TPSA) is 93.2 Å². The van der Waals surface area contributed by atoms with E-state index in [1.165, 1.54) is 0 Å².